The van der Waals surface area contributed by atoms with Crippen molar-refractivity contribution in [2.24, 2.45) is 5.73 Å². The lowest BCUT2D eigenvalue weighted by Gasteiger charge is -2.12. The minimum absolute atomic E-state index is 0.0744. The molecule has 0 aliphatic heterocycles. The van der Waals surface area contributed by atoms with Crippen molar-refractivity contribution in [3.8, 4) is 5.75 Å². The maximum absolute atomic E-state index is 10.5. The highest BCUT2D eigenvalue weighted by Gasteiger charge is 2.15. The van der Waals surface area contributed by atoms with Crippen molar-refractivity contribution in [3.63, 3.8) is 0 Å². The first-order chi connectivity index (χ1) is 7.10. The Bertz CT molecular complexity index is 367. The van der Waals surface area contributed by atoms with Gasteiger partial charge in [-0.1, -0.05) is 0 Å². The normalized spacial score (nSPS) is 12.2. The average Bonchev–Trinajstić information content (AvgIpc) is 2.27. The molecule has 0 fully saturated rings. The number of hydrogen-bond acceptors (Lipinski definition) is 5. The average molecular weight is 212 g/mol. The fourth-order valence-corrected chi connectivity index (χ4v) is 1.22. The van der Waals surface area contributed by atoms with Gasteiger partial charge in [-0.15, -0.1) is 0 Å². The Morgan fingerprint density at radius 1 is 1.67 bits per heavy atom. The molecule has 82 valence electrons. The molecule has 0 spiro atoms. The lowest BCUT2D eigenvalue weighted by atomic mass is 10.1. The predicted molar refractivity (Wildman–Crippen MR) is 53.7 cm³/mol. The minimum atomic E-state index is -0.681. The number of ether oxygens (including phenoxy) is 1. The van der Waals surface area contributed by atoms with Gasteiger partial charge in [-0.05, 0) is 6.07 Å². The maximum Gasteiger partial charge on any atom is 0.270 e. The Kier molecular flexibility index (Phi) is 3.59. The highest BCUT2D eigenvalue weighted by molar-refractivity contribution is 5.45. The second-order valence-corrected chi connectivity index (χ2v) is 2.97. The zero-order chi connectivity index (χ0) is 11.4. The van der Waals surface area contributed by atoms with Crippen molar-refractivity contribution >= 4 is 5.69 Å². The van der Waals surface area contributed by atoms with Gasteiger partial charge in [0.1, 0.15) is 5.75 Å². The van der Waals surface area contributed by atoms with E-state index in [1.807, 2.05) is 0 Å². The van der Waals surface area contributed by atoms with Crippen molar-refractivity contribution in [3.05, 3.63) is 33.9 Å². The van der Waals surface area contributed by atoms with Crippen LogP contribution in [0.5, 0.6) is 5.75 Å². The summed E-state index contributed by atoms with van der Waals surface area (Å²) in [5, 5.41) is 19.4. The van der Waals surface area contributed by atoms with Gasteiger partial charge in [0.05, 0.1) is 24.7 Å². The van der Waals surface area contributed by atoms with Gasteiger partial charge in [0.15, 0.2) is 0 Å². The van der Waals surface area contributed by atoms with Gasteiger partial charge in [-0.3, -0.25) is 10.1 Å². The number of methoxy groups -OCH3 is 1. The molecule has 1 rings (SSSR count). The van der Waals surface area contributed by atoms with Crippen LogP contribution in [0.4, 0.5) is 5.69 Å². The molecule has 0 radical (unpaired) electrons. The van der Waals surface area contributed by atoms with Crippen molar-refractivity contribution in [2.75, 3.05) is 13.7 Å². The quantitative estimate of drug-likeness (QED) is 0.562. The maximum atomic E-state index is 10.5. The van der Waals surface area contributed by atoms with Crippen LogP contribution in [0.3, 0.4) is 0 Å². The third-order valence-corrected chi connectivity index (χ3v) is 2.02. The third-order valence-electron chi connectivity index (χ3n) is 2.02. The van der Waals surface area contributed by atoms with E-state index in [0.29, 0.717) is 11.3 Å². The van der Waals surface area contributed by atoms with Crippen LogP contribution in [0.1, 0.15) is 11.6 Å². The molecule has 6 heteroatoms. The van der Waals surface area contributed by atoms with Crippen molar-refractivity contribution in [1.29, 1.82) is 0 Å². The lowest BCUT2D eigenvalue weighted by molar-refractivity contribution is -0.385. The molecule has 0 heterocycles. The first kappa shape index (κ1) is 11.4. The summed E-state index contributed by atoms with van der Waals surface area (Å²) in [6, 6.07) is 3.41. The monoisotopic (exact) mass is 212 g/mol. The van der Waals surface area contributed by atoms with E-state index in [1.165, 1.54) is 25.3 Å². The van der Waals surface area contributed by atoms with Gasteiger partial charge < -0.3 is 15.6 Å². The van der Waals surface area contributed by atoms with E-state index in [-0.39, 0.29) is 12.3 Å². The van der Waals surface area contributed by atoms with Crippen LogP contribution in [0.15, 0.2) is 18.2 Å². The Morgan fingerprint density at radius 3 is 2.80 bits per heavy atom. The highest BCUT2D eigenvalue weighted by Crippen LogP contribution is 2.27. The van der Waals surface area contributed by atoms with Gasteiger partial charge in [0.2, 0.25) is 0 Å². The topological polar surface area (TPSA) is 98.6 Å². The van der Waals surface area contributed by atoms with Crippen LogP contribution in [0.2, 0.25) is 0 Å². The summed E-state index contributed by atoms with van der Waals surface area (Å²) >= 11 is 0. The van der Waals surface area contributed by atoms with Crippen LogP contribution >= 0.6 is 0 Å². The number of nitrogens with two attached hydrogens (primary N) is 1. The summed E-state index contributed by atoms with van der Waals surface area (Å²) in [6.45, 7) is -0.294. The van der Waals surface area contributed by atoms with E-state index in [0.717, 1.165) is 0 Å². The number of aliphatic hydroxyl groups excluding tert-OH is 1. The van der Waals surface area contributed by atoms with Crippen molar-refractivity contribution < 1.29 is 14.8 Å². The zero-order valence-electron chi connectivity index (χ0n) is 8.21. The molecule has 0 saturated heterocycles. The van der Waals surface area contributed by atoms with E-state index < -0.39 is 11.0 Å². The number of non-ortho nitro benzene ring substituents is 1. The lowest BCUT2D eigenvalue weighted by Crippen LogP contribution is -2.15. The van der Waals surface area contributed by atoms with Crippen LogP contribution in [-0.2, 0) is 0 Å². The molecule has 15 heavy (non-hydrogen) atoms. The summed E-state index contributed by atoms with van der Waals surface area (Å²) in [7, 11) is 1.44. The second kappa shape index (κ2) is 4.72. The highest BCUT2D eigenvalue weighted by atomic mass is 16.6. The van der Waals surface area contributed by atoms with Crippen molar-refractivity contribution in [2.45, 2.75) is 6.04 Å². The molecular formula is C9H12N2O4. The van der Waals surface area contributed by atoms with Crippen LogP contribution in [0, 0.1) is 10.1 Å². The minimum Gasteiger partial charge on any atom is -0.496 e. The SMILES string of the molecule is COc1ccc([N+](=O)[O-])cc1C(N)CO. The second-order valence-electron chi connectivity index (χ2n) is 2.97. The standard InChI is InChI=1S/C9H12N2O4/c1-15-9-3-2-6(11(13)14)4-7(9)8(10)5-12/h2-4,8,12H,5,10H2,1H3. The summed E-state index contributed by atoms with van der Waals surface area (Å²) in [5.74, 6) is 0.433. The van der Waals surface area contributed by atoms with Gasteiger partial charge in [-0.25, -0.2) is 0 Å². The van der Waals surface area contributed by atoms with E-state index in [4.69, 9.17) is 15.6 Å². The molecule has 1 aromatic rings. The number of nitrogens with zero attached hydrogens (tertiary/aromatic N) is 1. The number of rotatable bonds is 4. The van der Waals surface area contributed by atoms with Gasteiger partial charge in [-0.2, -0.15) is 0 Å². The smallest absolute Gasteiger partial charge is 0.270 e. The molecule has 1 aromatic carbocycles. The molecule has 6 nitrogen and oxygen atoms in total. The Morgan fingerprint density at radius 2 is 2.33 bits per heavy atom. The van der Waals surface area contributed by atoms with Gasteiger partial charge >= 0.3 is 0 Å². The van der Waals surface area contributed by atoms with Gasteiger partial charge in [0, 0.05) is 17.7 Å². The molecular weight excluding hydrogens is 200 g/mol. The van der Waals surface area contributed by atoms with Crippen LogP contribution in [0.25, 0.3) is 0 Å². The fourth-order valence-electron chi connectivity index (χ4n) is 1.22. The zero-order valence-corrected chi connectivity index (χ0v) is 8.21. The Hall–Kier alpha value is -1.66. The van der Waals surface area contributed by atoms with E-state index >= 15 is 0 Å². The molecule has 0 amide bonds. The fraction of sp³-hybridized carbons (Fsp3) is 0.333. The molecule has 0 aliphatic carbocycles. The number of nitro groups is 1. The summed E-state index contributed by atoms with van der Waals surface area (Å²) in [6.07, 6.45) is 0. The van der Waals surface area contributed by atoms with Crippen LogP contribution in [-0.4, -0.2) is 23.7 Å². The molecule has 3 N–H and O–H groups in total. The Balaban J connectivity index is 3.18. The number of hydrogen-bond donors (Lipinski definition) is 2. The molecule has 0 bridgehead atoms. The third kappa shape index (κ3) is 2.42. The largest absolute Gasteiger partial charge is 0.496 e. The van der Waals surface area contributed by atoms with E-state index in [1.54, 1.807) is 0 Å². The van der Waals surface area contributed by atoms with E-state index in [9.17, 15) is 10.1 Å². The number of aliphatic hydroxyl groups is 1. The molecule has 0 saturated carbocycles. The Labute approximate surface area is 86.4 Å². The number of nitro benzene ring substituents is 1. The summed E-state index contributed by atoms with van der Waals surface area (Å²) < 4.78 is 4.99. The van der Waals surface area contributed by atoms with Gasteiger partial charge in [0.25, 0.3) is 5.69 Å². The van der Waals surface area contributed by atoms with Crippen LogP contribution < -0.4 is 10.5 Å². The molecule has 0 aromatic heterocycles. The first-order valence-electron chi connectivity index (χ1n) is 4.29. The molecule has 1 atom stereocenters. The summed E-state index contributed by atoms with van der Waals surface area (Å²) in [5.41, 5.74) is 5.94. The summed E-state index contributed by atoms with van der Waals surface area (Å²) in [4.78, 5) is 10.0. The number of benzene rings is 1. The molecule has 1 unspecified atom stereocenters. The van der Waals surface area contributed by atoms with Crippen molar-refractivity contribution in [1.82, 2.24) is 0 Å². The first-order valence-corrected chi connectivity index (χ1v) is 4.29. The molecule has 0 aliphatic rings. The predicted octanol–water partition coefficient (Wildman–Crippen LogP) is 0.595. The van der Waals surface area contributed by atoms with E-state index in [2.05, 4.69) is 0 Å².